The van der Waals surface area contributed by atoms with Gasteiger partial charge in [-0.15, -0.1) is 24.0 Å². The summed E-state index contributed by atoms with van der Waals surface area (Å²) in [5.74, 6) is 1.21. The van der Waals surface area contributed by atoms with E-state index in [1.807, 2.05) is 12.1 Å². The summed E-state index contributed by atoms with van der Waals surface area (Å²) >= 11 is 6.24. The molecule has 5 nitrogen and oxygen atoms in total. The third-order valence-corrected chi connectivity index (χ3v) is 4.20. The van der Waals surface area contributed by atoms with Gasteiger partial charge in [-0.05, 0) is 41.8 Å². The second-order valence-electron chi connectivity index (χ2n) is 5.53. The van der Waals surface area contributed by atoms with E-state index in [0.717, 1.165) is 23.3 Å². The number of aliphatic imine (C=N–C) groups is 1. The first-order chi connectivity index (χ1) is 12.6. The number of nitrogens with zero attached hydrogens (tertiary/aromatic N) is 1. The summed E-state index contributed by atoms with van der Waals surface area (Å²) in [5.41, 5.74) is 1.82. The average Bonchev–Trinajstić information content (AvgIpc) is 2.65. The maximum Gasteiger partial charge on any atom is 0.191 e. The van der Waals surface area contributed by atoms with Crippen LogP contribution in [0.3, 0.4) is 0 Å². The van der Waals surface area contributed by atoms with E-state index in [1.165, 1.54) is 13.2 Å². The molecule has 2 N–H and O–H groups in total. The number of nitrogens with one attached hydrogen (secondary N) is 2. The molecule has 0 radical (unpaired) electrons. The Kier molecular flexibility index (Phi) is 10.2. The van der Waals surface area contributed by atoms with Gasteiger partial charge >= 0.3 is 0 Å². The van der Waals surface area contributed by atoms with Crippen molar-refractivity contribution in [2.24, 2.45) is 4.99 Å². The first-order valence-electron chi connectivity index (χ1n) is 8.16. The highest BCUT2D eigenvalue weighted by atomic mass is 127. The molecule has 0 unspecified atom stereocenters. The lowest BCUT2D eigenvalue weighted by molar-refractivity contribution is 0.386. The van der Waals surface area contributed by atoms with Crippen molar-refractivity contribution >= 4 is 41.5 Å². The zero-order valence-corrected chi connectivity index (χ0v) is 18.6. The minimum absolute atomic E-state index is 0. The van der Waals surface area contributed by atoms with Gasteiger partial charge in [0, 0.05) is 25.2 Å². The van der Waals surface area contributed by atoms with E-state index in [2.05, 4.69) is 15.6 Å². The second kappa shape index (κ2) is 11.9. The molecule has 2 aromatic carbocycles. The summed E-state index contributed by atoms with van der Waals surface area (Å²) in [7, 11) is 4.73. The van der Waals surface area contributed by atoms with Crippen LogP contribution in [0.4, 0.5) is 4.39 Å². The molecule has 2 aromatic rings. The molecule has 0 bridgehead atoms. The highest BCUT2D eigenvalue weighted by Crippen LogP contribution is 2.22. The molecule has 0 spiro atoms. The summed E-state index contributed by atoms with van der Waals surface area (Å²) in [4.78, 5) is 4.16. The van der Waals surface area contributed by atoms with Crippen molar-refractivity contribution in [1.82, 2.24) is 10.6 Å². The number of methoxy groups -OCH3 is 2. The van der Waals surface area contributed by atoms with Crippen molar-refractivity contribution in [3.63, 3.8) is 0 Å². The zero-order valence-electron chi connectivity index (χ0n) is 15.5. The summed E-state index contributed by atoms with van der Waals surface area (Å²) in [6.07, 6.45) is 0.737. The fourth-order valence-electron chi connectivity index (χ4n) is 2.40. The van der Waals surface area contributed by atoms with Gasteiger partial charge in [0.05, 0.1) is 14.2 Å². The number of benzene rings is 2. The maximum absolute atomic E-state index is 13.7. The van der Waals surface area contributed by atoms with Gasteiger partial charge in [-0.1, -0.05) is 23.7 Å². The van der Waals surface area contributed by atoms with E-state index in [1.54, 1.807) is 32.4 Å². The third-order valence-electron chi connectivity index (χ3n) is 3.85. The average molecular weight is 508 g/mol. The molecule has 0 heterocycles. The molecule has 0 aromatic heterocycles. The van der Waals surface area contributed by atoms with Crippen molar-refractivity contribution in [1.29, 1.82) is 0 Å². The molecule has 2 rings (SSSR count). The van der Waals surface area contributed by atoms with Crippen LogP contribution in [-0.4, -0.2) is 33.8 Å². The topological polar surface area (TPSA) is 54.9 Å². The predicted molar refractivity (Wildman–Crippen MR) is 118 cm³/mol. The van der Waals surface area contributed by atoms with Crippen LogP contribution in [0.2, 0.25) is 5.02 Å². The van der Waals surface area contributed by atoms with Gasteiger partial charge in [-0.3, -0.25) is 4.99 Å². The van der Waals surface area contributed by atoms with Crippen LogP contribution in [0.1, 0.15) is 11.1 Å². The van der Waals surface area contributed by atoms with E-state index in [-0.39, 0.29) is 35.5 Å². The Labute approximate surface area is 181 Å². The highest BCUT2D eigenvalue weighted by molar-refractivity contribution is 14.0. The number of halogens is 3. The fraction of sp³-hybridized carbons (Fsp3) is 0.316. The summed E-state index contributed by atoms with van der Waals surface area (Å²) in [5, 5.41) is 7.03. The van der Waals surface area contributed by atoms with Gasteiger partial charge in [0.15, 0.2) is 17.5 Å². The first-order valence-corrected chi connectivity index (χ1v) is 8.54. The second-order valence-corrected chi connectivity index (χ2v) is 5.94. The summed E-state index contributed by atoms with van der Waals surface area (Å²) in [6.45, 7) is 1.10. The van der Waals surface area contributed by atoms with E-state index in [9.17, 15) is 4.39 Å². The molecule has 0 atom stereocenters. The molecule has 0 aliphatic heterocycles. The standard InChI is InChI=1S/C19H23ClFN3O2.HI/c1-22-19(24-12-13-4-7-18(26-3)17(21)10-13)23-9-8-14-5-6-15(25-2)11-16(14)20;/h4-7,10-11H,8-9,12H2,1-3H3,(H2,22,23,24);1H. The van der Waals surface area contributed by atoms with Crippen LogP contribution in [0.15, 0.2) is 41.4 Å². The van der Waals surface area contributed by atoms with Gasteiger partial charge in [0.25, 0.3) is 0 Å². The first kappa shape index (κ1) is 23.3. The van der Waals surface area contributed by atoms with Crippen LogP contribution < -0.4 is 20.1 Å². The number of hydrogen-bond donors (Lipinski definition) is 2. The third kappa shape index (κ3) is 7.06. The van der Waals surface area contributed by atoms with Crippen molar-refractivity contribution in [3.8, 4) is 11.5 Å². The van der Waals surface area contributed by atoms with Crippen molar-refractivity contribution in [2.45, 2.75) is 13.0 Å². The Hall–Kier alpha value is -1.74. The highest BCUT2D eigenvalue weighted by Gasteiger charge is 2.06. The fourth-order valence-corrected chi connectivity index (χ4v) is 2.66. The van der Waals surface area contributed by atoms with E-state index in [4.69, 9.17) is 21.1 Å². The Balaban J connectivity index is 0.00000364. The molecular weight excluding hydrogens is 484 g/mol. The number of hydrogen-bond acceptors (Lipinski definition) is 3. The molecule has 0 fully saturated rings. The van der Waals surface area contributed by atoms with Gasteiger partial charge in [-0.2, -0.15) is 0 Å². The van der Waals surface area contributed by atoms with Crippen LogP contribution >= 0.6 is 35.6 Å². The molecular formula is C19H24ClFIN3O2. The lowest BCUT2D eigenvalue weighted by atomic mass is 10.1. The van der Waals surface area contributed by atoms with E-state index in [0.29, 0.717) is 24.1 Å². The monoisotopic (exact) mass is 507 g/mol. The van der Waals surface area contributed by atoms with Gasteiger partial charge in [0.2, 0.25) is 0 Å². The van der Waals surface area contributed by atoms with E-state index < -0.39 is 0 Å². The van der Waals surface area contributed by atoms with E-state index >= 15 is 0 Å². The minimum atomic E-state index is -0.385. The number of ether oxygens (including phenoxy) is 2. The Bertz CT molecular complexity index is 775. The van der Waals surface area contributed by atoms with Crippen LogP contribution in [0, 0.1) is 5.82 Å². The summed E-state index contributed by atoms with van der Waals surface area (Å²) < 4.78 is 23.8. The molecule has 0 aliphatic rings. The van der Waals surface area contributed by atoms with Crippen LogP contribution in [-0.2, 0) is 13.0 Å². The molecule has 0 saturated heterocycles. The number of rotatable bonds is 7. The summed E-state index contributed by atoms with van der Waals surface area (Å²) in [6, 6.07) is 10.5. The Morgan fingerprint density at radius 2 is 1.89 bits per heavy atom. The van der Waals surface area contributed by atoms with Crippen molar-refractivity contribution < 1.29 is 13.9 Å². The van der Waals surface area contributed by atoms with Crippen molar-refractivity contribution in [2.75, 3.05) is 27.8 Å². The molecule has 0 aliphatic carbocycles. The Morgan fingerprint density at radius 3 is 2.48 bits per heavy atom. The van der Waals surface area contributed by atoms with Crippen LogP contribution in [0.25, 0.3) is 0 Å². The lowest BCUT2D eigenvalue weighted by Crippen LogP contribution is -2.37. The molecule has 8 heteroatoms. The normalized spacial score (nSPS) is 10.8. The smallest absolute Gasteiger partial charge is 0.191 e. The SMILES string of the molecule is CN=C(NCCc1ccc(OC)cc1Cl)NCc1ccc(OC)c(F)c1.I. The Morgan fingerprint density at radius 1 is 1.11 bits per heavy atom. The van der Waals surface area contributed by atoms with Gasteiger partial charge < -0.3 is 20.1 Å². The molecule has 0 amide bonds. The lowest BCUT2D eigenvalue weighted by Gasteiger charge is -2.13. The maximum atomic E-state index is 13.7. The largest absolute Gasteiger partial charge is 0.497 e. The number of guanidine groups is 1. The van der Waals surface area contributed by atoms with Crippen molar-refractivity contribution in [3.05, 3.63) is 58.4 Å². The molecule has 0 saturated carbocycles. The quantitative estimate of drug-likeness (QED) is 0.338. The zero-order chi connectivity index (χ0) is 18.9. The molecule has 27 heavy (non-hydrogen) atoms. The minimum Gasteiger partial charge on any atom is -0.497 e. The molecule has 148 valence electrons. The van der Waals surface area contributed by atoms with Gasteiger partial charge in [-0.25, -0.2) is 4.39 Å². The van der Waals surface area contributed by atoms with Gasteiger partial charge in [0.1, 0.15) is 5.75 Å². The van der Waals surface area contributed by atoms with Crippen LogP contribution in [0.5, 0.6) is 11.5 Å². The predicted octanol–water partition coefficient (Wildman–Crippen LogP) is 4.02.